The SMILES string of the molecule is CCCCCCCN1C(=O)CC(C(=O)Nc2ccc(OCCCCCC)cc2)SC1=Nc1ccc(F)cc1. The normalized spacial score (nSPS) is 16.6. The van der Waals surface area contributed by atoms with Crippen LogP contribution in [0.5, 0.6) is 5.75 Å². The Labute approximate surface area is 230 Å². The summed E-state index contributed by atoms with van der Waals surface area (Å²) < 4.78 is 19.2. The number of ether oxygens (including phenoxy) is 1. The average Bonchev–Trinajstić information content (AvgIpc) is 2.91. The van der Waals surface area contributed by atoms with Crippen LogP contribution in [0, 0.1) is 5.82 Å². The van der Waals surface area contributed by atoms with E-state index in [1.165, 1.54) is 43.2 Å². The maximum absolute atomic E-state index is 13.4. The summed E-state index contributed by atoms with van der Waals surface area (Å²) >= 11 is 1.28. The van der Waals surface area contributed by atoms with Crippen molar-refractivity contribution in [1.29, 1.82) is 0 Å². The molecule has 0 aromatic heterocycles. The fourth-order valence-corrected chi connectivity index (χ4v) is 5.26. The zero-order valence-electron chi connectivity index (χ0n) is 22.6. The maximum Gasteiger partial charge on any atom is 0.238 e. The first-order valence-corrected chi connectivity index (χ1v) is 14.7. The Hall–Kier alpha value is -2.87. The second kappa shape index (κ2) is 16.2. The van der Waals surface area contributed by atoms with Gasteiger partial charge in [-0.05, 0) is 61.4 Å². The van der Waals surface area contributed by atoms with Crippen molar-refractivity contribution in [3.05, 3.63) is 54.3 Å². The monoisotopic (exact) mass is 541 g/mol. The molecule has 1 saturated heterocycles. The van der Waals surface area contributed by atoms with Gasteiger partial charge in [0.1, 0.15) is 16.8 Å². The number of rotatable bonds is 15. The van der Waals surface area contributed by atoms with E-state index in [4.69, 9.17) is 4.74 Å². The highest BCUT2D eigenvalue weighted by Gasteiger charge is 2.35. The Kier molecular flexibility index (Phi) is 12.6. The van der Waals surface area contributed by atoms with Gasteiger partial charge in [0.2, 0.25) is 11.8 Å². The predicted molar refractivity (Wildman–Crippen MR) is 155 cm³/mol. The van der Waals surface area contributed by atoms with Gasteiger partial charge < -0.3 is 10.1 Å². The van der Waals surface area contributed by atoms with Crippen molar-refractivity contribution in [1.82, 2.24) is 4.90 Å². The van der Waals surface area contributed by atoms with Crippen LogP contribution in [0.25, 0.3) is 0 Å². The molecule has 1 heterocycles. The molecule has 206 valence electrons. The van der Waals surface area contributed by atoms with E-state index in [0.29, 0.717) is 29.7 Å². The highest BCUT2D eigenvalue weighted by molar-refractivity contribution is 8.15. The molecule has 0 spiro atoms. The highest BCUT2D eigenvalue weighted by atomic mass is 32.2. The standard InChI is InChI=1S/C30H40FN3O3S/c1-3-5-7-9-10-20-34-28(35)22-27(38-30(34)33-25-14-12-23(31)13-15-25)29(36)32-24-16-18-26(19-17-24)37-21-11-8-6-4-2/h12-19,27H,3-11,20-22H2,1-2H3,(H,32,36). The number of thioether (sulfide) groups is 1. The number of amidine groups is 1. The van der Waals surface area contributed by atoms with Crippen molar-refractivity contribution in [2.24, 2.45) is 4.99 Å². The molecule has 0 radical (unpaired) electrons. The van der Waals surface area contributed by atoms with Gasteiger partial charge in [-0.1, -0.05) is 70.6 Å². The average molecular weight is 542 g/mol. The number of carbonyl (C=O) groups excluding carboxylic acids is 2. The number of hydrogen-bond donors (Lipinski definition) is 1. The van der Waals surface area contributed by atoms with Crippen LogP contribution in [-0.2, 0) is 9.59 Å². The fourth-order valence-electron chi connectivity index (χ4n) is 4.14. The molecule has 2 amide bonds. The molecule has 3 rings (SSSR count). The molecule has 1 atom stereocenters. The van der Waals surface area contributed by atoms with E-state index < -0.39 is 5.25 Å². The Bertz CT molecular complexity index is 1040. The molecule has 1 N–H and O–H groups in total. The van der Waals surface area contributed by atoms with E-state index in [2.05, 4.69) is 24.2 Å². The molecule has 1 aliphatic rings. The van der Waals surface area contributed by atoms with E-state index >= 15 is 0 Å². The second-order valence-electron chi connectivity index (χ2n) is 9.56. The van der Waals surface area contributed by atoms with E-state index in [9.17, 15) is 14.0 Å². The van der Waals surface area contributed by atoms with Crippen LogP contribution in [0.3, 0.4) is 0 Å². The fraction of sp³-hybridized carbons (Fsp3) is 0.500. The van der Waals surface area contributed by atoms with Crippen LogP contribution in [0.1, 0.15) is 78.1 Å². The summed E-state index contributed by atoms with van der Waals surface area (Å²) in [5.41, 5.74) is 1.20. The molecule has 38 heavy (non-hydrogen) atoms. The summed E-state index contributed by atoms with van der Waals surface area (Å²) in [5.74, 6) is 0.0577. The zero-order chi connectivity index (χ0) is 27.2. The lowest BCUT2D eigenvalue weighted by Gasteiger charge is -2.32. The molecule has 1 aliphatic heterocycles. The van der Waals surface area contributed by atoms with Gasteiger partial charge in [0.25, 0.3) is 0 Å². The van der Waals surface area contributed by atoms with E-state index in [0.717, 1.165) is 44.3 Å². The summed E-state index contributed by atoms with van der Waals surface area (Å²) in [7, 11) is 0. The molecule has 6 nitrogen and oxygen atoms in total. The van der Waals surface area contributed by atoms with Gasteiger partial charge in [-0.2, -0.15) is 0 Å². The highest BCUT2D eigenvalue weighted by Crippen LogP contribution is 2.30. The minimum absolute atomic E-state index is 0.104. The second-order valence-corrected chi connectivity index (χ2v) is 10.7. The van der Waals surface area contributed by atoms with Crippen molar-refractivity contribution in [2.75, 3.05) is 18.5 Å². The molecule has 0 saturated carbocycles. The number of nitrogens with one attached hydrogen (secondary N) is 1. The lowest BCUT2D eigenvalue weighted by atomic mass is 10.1. The van der Waals surface area contributed by atoms with Gasteiger partial charge >= 0.3 is 0 Å². The first kappa shape index (κ1) is 29.7. The third-order valence-electron chi connectivity index (χ3n) is 6.36. The van der Waals surface area contributed by atoms with E-state index in [-0.39, 0.29) is 24.1 Å². The smallest absolute Gasteiger partial charge is 0.238 e. The minimum Gasteiger partial charge on any atom is -0.494 e. The summed E-state index contributed by atoms with van der Waals surface area (Å²) in [6, 6.07) is 13.1. The third-order valence-corrected chi connectivity index (χ3v) is 7.54. The molecular weight excluding hydrogens is 501 g/mol. The van der Waals surface area contributed by atoms with Crippen LogP contribution in [0.15, 0.2) is 53.5 Å². The van der Waals surface area contributed by atoms with Gasteiger partial charge in [-0.3, -0.25) is 14.5 Å². The van der Waals surface area contributed by atoms with E-state index in [1.807, 2.05) is 24.3 Å². The number of carbonyl (C=O) groups is 2. The third kappa shape index (κ3) is 9.78. The zero-order valence-corrected chi connectivity index (χ0v) is 23.4. The molecule has 1 unspecified atom stereocenters. The van der Waals surface area contributed by atoms with Gasteiger partial charge in [0.05, 0.1) is 12.3 Å². The first-order chi connectivity index (χ1) is 18.5. The Morgan fingerprint density at radius 3 is 2.32 bits per heavy atom. The maximum atomic E-state index is 13.4. The van der Waals surface area contributed by atoms with Crippen molar-refractivity contribution in [3.63, 3.8) is 0 Å². The van der Waals surface area contributed by atoms with Gasteiger partial charge in [-0.25, -0.2) is 9.38 Å². The Morgan fingerprint density at radius 1 is 0.974 bits per heavy atom. The number of anilines is 1. The van der Waals surface area contributed by atoms with Gasteiger partial charge in [0.15, 0.2) is 5.17 Å². The Morgan fingerprint density at radius 2 is 1.63 bits per heavy atom. The quantitative estimate of drug-likeness (QED) is 0.234. The molecule has 2 aromatic rings. The Balaban J connectivity index is 1.62. The summed E-state index contributed by atoms with van der Waals surface area (Å²) in [4.78, 5) is 32.5. The number of aliphatic imine (C=N–C) groups is 1. The van der Waals surface area contributed by atoms with Crippen molar-refractivity contribution in [2.45, 2.75) is 83.3 Å². The molecular formula is C30H40FN3O3S. The summed E-state index contributed by atoms with van der Waals surface area (Å²) in [6.07, 6.45) is 10.1. The van der Waals surface area contributed by atoms with Crippen molar-refractivity contribution >= 4 is 40.1 Å². The lowest BCUT2D eigenvalue weighted by Crippen LogP contribution is -2.45. The largest absolute Gasteiger partial charge is 0.494 e. The van der Waals surface area contributed by atoms with Crippen molar-refractivity contribution in [3.8, 4) is 5.75 Å². The van der Waals surface area contributed by atoms with Crippen LogP contribution < -0.4 is 10.1 Å². The lowest BCUT2D eigenvalue weighted by molar-refractivity contribution is -0.129. The van der Waals surface area contributed by atoms with Crippen LogP contribution in [-0.4, -0.2) is 40.3 Å². The number of unbranched alkanes of at least 4 members (excludes halogenated alkanes) is 7. The number of halogens is 1. The molecule has 0 bridgehead atoms. The first-order valence-electron chi connectivity index (χ1n) is 13.8. The minimum atomic E-state index is -0.604. The topological polar surface area (TPSA) is 71.0 Å². The molecule has 2 aromatic carbocycles. The summed E-state index contributed by atoms with van der Waals surface area (Å²) in [5, 5.41) is 2.80. The van der Waals surface area contributed by atoms with E-state index in [1.54, 1.807) is 17.0 Å². The molecule has 8 heteroatoms. The number of amides is 2. The van der Waals surface area contributed by atoms with Gasteiger partial charge in [0, 0.05) is 18.7 Å². The number of nitrogens with zero attached hydrogens (tertiary/aromatic N) is 2. The number of benzene rings is 2. The van der Waals surface area contributed by atoms with Crippen LogP contribution in [0.4, 0.5) is 15.8 Å². The molecule has 0 aliphatic carbocycles. The van der Waals surface area contributed by atoms with Gasteiger partial charge in [-0.15, -0.1) is 0 Å². The van der Waals surface area contributed by atoms with Crippen LogP contribution >= 0.6 is 11.8 Å². The number of hydrogen-bond acceptors (Lipinski definition) is 5. The predicted octanol–water partition coefficient (Wildman–Crippen LogP) is 7.72. The summed E-state index contributed by atoms with van der Waals surface area (Å²) in [6.45, 7) is 5.59. The van der Waals surface area contributed by atoms with Crippen LogP contribution in [0.2, 0.25) is 0 Å². The molecule has 1 fully saturated rings. The van der Waals surface area contributed by atoms with Crippen molar-refractivity contribution < 1.29 is 18.7 Å².